The highest BCUT2D eigenvalue weighted by Gasteiger charge is 2.35. The molecule has 1 heterocycles. The van der Waals surface area contributed by atoms with Crippen LogP contribution in [0.25, 0.3) is 10.9 Å². The number of aromatic amines is 1. The van der Waals surface area contributed by atoms with Crippen molar-refractivity contribution in [1.29, 1.82) is 0 Å². The molecule has 2 aromatic rings. The molecule has 3 amide bonds. The minimum atomic E-state index is -1.55. The van der Waals surface area contributed by atoms with E-state index in [1.165, 1.54) is 13.8 Å². The first kappa shape index (κ1) is 34.4. The number of carboxylic acid groups (broad SMARTS) is 1. The average Bonchev–Trinajstić information content (AvgIpc) is 3.33. The van der Waals surface area contributed by atoms with E-state index in [9.17, 15) is 34.2 Å². The lowest BCUT2D eigenvalue weighted by molar-refractivity contribution is -0.154. The number of aromatic hydroxyl groups is 1. The molecule has 0 aliphatic heterocycles. The SMILES string of the molecule is CC(C)(COC(=O)[C@@H](N)CCC(=O)O)[C@@H](O)C(=O)NCCC(=O)NCCSC(=O)NCCc1c[nH]c2ccc(O)cc12. The molecule has 0 spiro atoms. The maximum atomic E-state index is 12.3. The number of carbonyl (C=O) groups excluding carboxylic acids is 4. The van der Waals surface area contributed by atoms with E-state index in [2.05, 4.69) is 20.9 Å². The number of rotatable bonds is 17. The number of thioether (sulfide) groups is 1. The fourth-order valence-electron chi connectivity index (χ4n) is 3.74. The molecule has 0 aliphatic carbocycles. The van der Waals surface area contributed by atoms with Gasteiger partial charge in [0.25, 0.3) is 5.24 Å². The Balaban J connectivity index is 1.57. The fourth-order valence-corrected chi connectivity index (χ4v) is 4.33. The van der Waals surface area contributed by atoms with E-state index in [0.717, 1.165) is 28.2 Å². The number of esters is 1. The first-order valence-electron chi connectivity index (χ1n) is 13.4. The Morgan fingerprint density at radius 3 is 2.52 bits per heavy atom. The number of H-pyrrole nitrogens is 1. The van der Waals surface area contributed by atoms with Gasteiger partial charge in [0.15, 0.2) is 0 Å². The number of nitrogens with one attached hydrogen (secondary N) is 4. The molecule has 15 heteroatoms. The van der Waals surface area contributed by atoms with E-state index in [1.54, 1.807) is 18.2 Å². The molecule has 1 aromatic carbocycles. The number of carboxylic acids is 1. The van der Waals surface area contributed by atoms with Crippen molar-refractivity contribution in [1.82, 2.24) is 20.9 Å². The average molecular weight is 610 g/mol. The third-order valence-electron chi connectivity index (χ3n) is 6.27. The molecule has 0 aliphatic rings. The highest BCUT2D eigenvalue weighted by atomic mass is 32.2. The van der Waals surface area contributed by atoms with E-state index in [4.69, 9.17) is 15.6 Å². The number of carbonyl (C=O) groups is 5. The number of phenols is 1. The zero-order valence-corrected chi connectivity index (χ0v) is 24.4. The number of nitrogens with two attached hydrogens (primary N) is 1. The minimum Gasteiger partial charge on any atom is -0.508 e. The van der Waals surface area contributed by atoms with Crippen molar-refractivity contribution in [2.75, 3.05) is 32.0 Å². The van der Waals surface area contributed by atoms with Gasteiger partial charge in [0.2, 0.25) is 11.8 Å². The topological polar surface area (TPSA) is 233 Å². The Kier molecular flexibility index (Phi) is 13.6. The van der Waals surface area contributed by atoms with Gasteiger partial charge in [-0.05, 0) is 36.6 Å². The molecule has 0 bridgehead atoms. The number of benzene rings is 1. The number of phenolic OH excluding ortho intramolecular Hbond substituents is 1. The number of aliphatic hydroxyl groups is 1. The van der Waals surface area contributed by atoms with Crippen LogP contribution in [-0.2, 0) is 30.3 Å². The number of aromatic nitrogens is 1. The van der Waals surface area contributed by atoms with Crippen LogP contribution in [0.4, 0.5) is 4.79 Å². The molecule has 0 unspecified atom stereocenters. The molecule has 0 fully saturated rings. The normalized spacial score (nSPS) is 12.8. The summed E-state index contributed by atoms with van der Waals surface area (Å²) < 4.78 is 5.04. The summed E-state index contributed by atoms with van der Waals surface area (Å²) in [6.07, 6.45) is 0.410. The van der Waals surface area contributed by atoms with Gasteiger partial charge < -0.3 is 46.7 Å². The van der Waals surface area contributed by atoms with E-state index >= 15 is 0 Å². The molecular weight excluding hydrogens is 570 g/mol. The summed E-state index contributed by atoms with van der Waals surface area (Å²) in [5.41, 5.74) is 6.29. The number of hydrogen-bond donors (Lipinski definition) is 8. The molecule has 2 atom stereocenters. The Labute approximate surface area is 247 Å². The molecule has 9 N–H and O–H groups in total. The Bertz CT molecular complexity index is 1250. The number of amides is 3. The second-order valence-corrected chi connectivity index (χ2v) is 11.4. The van der Waals surface area contributed by atoms with Gasteiger partial charge in [-0.15, -0.1) is 0 Å². The van der Waals surface area contributed by atoms with Crippen molar-refractivity contribution in [2.45, 2.75) is 51.7 Å². The van der Waals surface area contributed by atoms with Crippen molar-refractivity contribution in [3.63, 3.8) is 0 Å². The molecular formula is C27H39N5O9S. The second kappa shape index (κ2) is 16.6. The lowest BCUT2D eigenvalue weighted by Gasteiger charge is -2.29. The van der Waals surface area contributed by atoms with Gasteiger partial charge in [0.05, 0.1) is 6.61 Å². The van der Waals surface area contributed by atoms with Gasteiger partial charge >= 0.3 is 11.9 Å². The lowest BCUT2D eigenvalue weighted by Crippen LogP contribution is -2.47. The minimum absolute atomic E-state index is 0.0447. The first-order chi connectivity index (χ1) is 19.8. The van der Waals surface area contributed by atoms with Gasteiger partial charge in [-0.25, -0.2) is 0 Å². The quantitative estimate of drug-likeness (QED) is 0.0914. The van der Waals surface area contributed by atoms with Gasteiger partial charge in [0.1, 0.15) is 17.9 Å². The van der Waals surface area contributed by atoms with Gasteiger partial charge in [-0.2, -0.15) is 0 Å². The Hall–Kier alpha value is -3.82. The summed E-state index contributed by atoms with van der Waals surface area (Å²) in [6, 6.07) is 3.91. The van der Waals surface area contributed by atoms with Crippen LogP contribution in [0.5, 0.6) is 5.75 Å². The molecule has 0 radical (unpaired) electrons. The van der Waals surface area contributed by atoms with Crippen molar-refractivity contribution < 1.29 is 44.0 Å². The third-order valence-corrected chi connectivity index (χ3v) is 7.09. The summed E-state index contributed by atoms with van der Waals surface area (Å²) in [5, 5.41) is 37.3. The fraction of sp³-hybridized carbons (Fsp3) is 0.519. The standard InChI is InChI=1S/C27H39N5O9S/c1-27(2,15-41-25(39)19(28)4-6-22(35)36)23(37)24(38)30-10-8-21(34)29-11-12-42-26(40)31-9-7-16-14-32-20-5-3-17(33)13-18(16)20/h3,5,13-14,19,23,32-33,37H,4,6-12,15,28H2,1-2H3,(H,29,34)(H,30,38)(H,31,40)(H,35,36)/t19-,23-/m0/s1. The number of fused-ring (bicyclic) bond motifs is 1. The summed E-state index contributed by atoms with van der Waals surface area (Å²) in [5.74, 6) is -2.53. The number of hydrogen-bond acceptors (Lipinski definition) is 10. The molecule has 14 nitrogen and oxygen atoms in total. The Morgan fingerprint density at radius 2 is 1.81 bits per heavy atom. The first-order valence-corrected chi connectivity index (χ1v) is 14.3. The predicted octanol–water partition coefficient (Wildman–Crippen LogP) is 0.604. The highest BCUT2D eigenvalue weighted by Crippen LogP contribution is 2.23. The number of aliphatic hydroxyl groups excluding tert-OH is 1. The monoisotopic (exact) mass is 609 g/mol. The van der Waals surface area contributed by atoms with Crippen molar-refractivity contribution >= 4 is 51.7 Å². The maximum Gasteiger partial charge on any atom is 0.322 e. The van der Waals surface area contributed by atoms with Crippen LogP contribution < -0.4 is 21.7 Å². The molecule has 0 saturated heterocycles. The van der Waals surface area contributed by atoms with Crippen molar-refractivity contribution in [3.05, 3.63) is 30.0 Å². The van der Waals surface area contributed by atoms with E-state index in [0.29, 0.717) is 18.7 Å². The summed E-state index contributed by atoms with van der Waals surface area (Å²) in [7, 11) is 0. The lowest BCUT2D eigenvalue weighted by atomic mass is 9.87. The van der Waals surface area contributed by atoms with E-state index < -0.39 is 35.4 Å². The predicted molar refractivity (Wildman–Crippen MR) is 156 cm³/mol. The van der Waals surface area contributed by atoms with Crippen LogP contribution in [-0.4, -0.2) is 93.4 Å². The van der Waals surface area contributed by atoms with Crippen LogP contribution in [0.15, 0.2) is 24.4 Å². The summed E-state index contributed by atoms with van der Waals surface area (Å²) in [4.78, 5) is 62.1. The van der Waals surface area contributed by atoms with Gasteiger partial charge in [-0.1, -0.05) is 25.6 Å². The molecule has 0 saturated carbocycles. The molecule has 1 aromatic heterocycles. The van der Waals surface area contributed by atoms with Crippen LogP contribution in [0.2, 0.25) is 0 Å². The van der Waals surface area contributed by atoms with Crippen LogP contribution >= 0.6 is 11.8 Å². The Morgan fingerprint density at radius 1 is 1.07 bits per heavy atom. The smallest absolute Gasteiger partial charge is 0.322 e. The molecule has 42 heavy (non-hydrogen) atoms. The van der Waals surface area contributed by atoms with Crippen LogP contribution in [0.1, 0.15) is 38.7 Å². The number of aliphatic carboxylic acids is 1. The highest BCUT2D eigenvalue weighted by molar-refractivity contribution is 8.13. The maximum absolute atomic E-state index is 12.3. The van der Waals surface area contributed by atoms with E-state index in [1.807, 2.05) is 6.20 Å². The summed E-state index contributed by atoms with van der Waals surface area (Å²) >= 11 is 1.02. The zero-order chi connectivity index (χ0) is 31.3. The largest absolute Gasteiger partial charge is 0.508 e. The molecule has 2 rings (SSSR count). The summed E-state index contributed by atoms with van der Waals surface area (Å²) in [6.45, 7) is 3.27. The van der Waals surface area contributed by atoms with Crippen molar-refractivity contribution in [3.8, 4) is 5.75 Å². The van der Waals surface area contributed by atoms with Gasteiger partial charge in [0, 0.05) is 60.7 Å². The third kappa shape index (κ3) is 11.6. The van der Waals surface area contributed by atoms with E-state index in [-0.39, 0.29) is 55.9 Å². The van der Waals surface area contributed by atoms with Crippen LogP contribution in [0, 0.1) is 5.41 Å². The molecule has 232 valence electrons. The number of ether oxygens (including phenoxy) is 1. The zero-order valence-electron chi connectivity index (χ0n) is 23.6. The van der Waals surface area contributed by atoms with Crippen molar-refractivity contribution in [2.24, 2.45) is 11.1 Å². The van der Waals surface area contributed by atoms with Crippen LogP contribution in [0.3, 0.4) is 0 Å². The second-order valence-electron chi connectivity index (χ2n) is 10.3. The van der Waals surface area contributed by atoms with Gasteiger partial charge in [-0.3, -0.25) is 24.0 Å².